The van der Waals surface area contributed by atoms with Crippen molar-refractivity contribution < 1.29 is 23.8 Å². The molecule has 0 bridgehead atoms. The van der Waals surface area contributed by atoms with Crippen molar-refractivity contribution in [1.82, 2.24) is 15.4 Å². The zero-order chi connectivity index (χ0) is 26.9. The number of benzene rings is 2. The van der Waals surface area contributed by atoms with Gasteiger partial charge in [-0.3, -0.25) is 9.69 Å². The van der Waals surface area contributed by atoms with Crippen LogP contribution in [0.5, 0.6) is 5.88 Å². The second-order valence-electron chi connectivity index (χ2n) is 9.54. The molecule has 1 N–H and O–H groups in total. The molecule has 1 unspecified atom stereocenters. The molecule has 2 saturated heterocycles. The minimum atomic E-state index is -0.424. The fourth-order valence-corrected chi connectivity index (χ4v) is 4.45. The van der Waals surface area contributed by atoms with Gasteiger partial charge < -0.3 is 14.2 Å². The third-order valence-corrected chi connectivity index (χ3v) is 6.69. The molecule has 8 nitrogen and oxygen atoms in total. The largest absolute Gasteiger partial charge is 0.481 e. The predicted molar refractivity (Wildman–Crippen MR) is 147 cm³/mol. The lowest BCUT2D eigenvalue weighted by Gasteiger charge is -2.26. The van der Waals surface area contributed by atoms with Crippen LogP contribution in [-0.4, -0.2) is 62.1 Å². The average Bonchev–Trinajstić information content (AvgIpc) is 3.00. The van der Waals surface area contributed by atoms with Crippen molar-refractivity contribution in [3.63, 3.8) is 0 Å². The van der Waals surface area contributed by atoms with Crippen molar-refractivity contribution >= 4 is 5.91 Å². The molecule has 2 aromatic carbocycles. The number of rotatable bonds is 7. The highest BCUT2D eigenvalue weighted by molar-refractivity contribution is 5.94. The van der Waals surface area contributed by atoms with E-state index in [9.17, 15) is 4.79 Å². The number of hydrogen-bond donors (Lipinski definition) is 1. The van der Waals surface area contributed by atoms with Crippen LogP contribution < -0.4 is 10.2 Å². The summed E-state index contributed by atoms with van der Waals surface area (Å²) in [5, 5.41) is 0. The lowest BCUT2D eigenvalue weighted by atomic mass is 10.1. The topological polar surface area (TPSA) is 82.2 Å². The van der Waals surface area contributed by atoms with Gasteiger partial charge in [0.25, 0.3) is 5.91 Å². The summed E-state index contributed by atoms with van der Waals surface area (Å²) in [5.41, 5.74) is 7.47. The quantitative estimate of drug-likeness (QED) is 0.365. The van der Waals surface area contributed by atoms with E-state index in [0.29, 0.717) is 23.7 Å². The molecule has 0 spiro atoms. The predicted octanol–water partition coefficient (Wildman–Crippen LogP) is 4.18. The molecule has 1 amide bonds. The van der Waals surface area contributed by atoms with Crippen LogP contribution in [0.1, 0.15) is 46.3 Å². The molecule has 3 aromatic rings. The number of nitrogens with one attached hydrogen (secondary N) is 1. The van der Waals surface area contributed by atoms with Gasteiger partial charge >= 0.3 is 0 Å². The van der Waals surface area contributed by atoms with E-state index >= 15 is 0 Å². The molecule has 5 rings (SSSR count). The van der Waals surface area contributed by atoms with E-state index in [1.54, 1.807) is 12.1 Å². The summed E-state index contributed by atoms with van der Waals surface area (Å²) < 4.78 is 16.3. The van der Waals surface area contributed by atoms with Crippen LogP contribution in [0.2, 0.25) is 0 Å². The maximum atomic E-state index is 12.7. The number of carbonyl (C=O) groups is 1. The molecule has 2 aliphatic heterocycles. The van der Waals surface area contributed by atoms with Crippen LogP contribution in [0.3, 0.4) is 0 Å². The molecule has 8 heteroatoms. The normalized spacial score (nSPS) is 17.6. The minimum absolute atomic E-state index is 0.340. The molecular weight excluding hydrogens is 494 g/mol. The van der Waals surface area contributed by atoms with Crippen molar-refractivity contribution in [2.45, 2.75) is 32.1 Å². The van der Waals surface area contributed by atoms with Crippen LogP contribution in [-0.2, 0) is 20.9 Å². The van der Waals surface area contributed by atoms with Crippen molar-refractivity contribution in [3.05, 3.63) is 82.9 Å². The van der Waals surface area contributed by atoms with Gasteiger partial charge in [0, 0.05) is 61.0 Å². The molecule has 39 heavy (non-hydrogen) atoms. The molecule has 202 valence electrons. The standard InChI is InChI=1S/C31H33N3O5/c1-36-29-21-27(31(35)33-39-30-4-2-3-17-38-30)20-28(32-29)26-13-11-24(12-14-26)6-5-23-7-9-25(10-8-23)22-34-15-18-37-19-16-34/h7-14,20-21,30H,2-4,15-19,22H2,1H3,(H,33,35). The van der Waals surface area contributed by atoms with Gasteiger partial charge in [-0.25, -0.2) is 15.3 Å². The summed E-state index contributed by atoms with van der Waals surface area (Å²) in [6, 6.07) is 19.5. The van der Waals surface area contributed by atoms with Gasteiger partial charge in [-0.15, -0.1) is 0 Å². The highest BCUT2D eigenvalue weighted by Crippen LogP contribution is 2.23. The first-order valence-corrected chi connectivity index (χ1v) is 13.3. The molecule has 0 aliphatic carbocycles. The number of morpholine rings is 1. The smallest absolute Gasteiger partial charge is 0.275 e. The van der Waals surface area contributed by atoms with Gasteiger partial charge in [-0.05, 0) is 48.7 Å². The molecule has 1 atom stereocenters. The lowest BCUT2D eigenvalue weighted by Crippen LogP contribution is -2.35. The van der Waals surface area contributed by atoms with Crippen LogP contribution in [0.15, 0.2) is 60.7 Å². The van der Waals surface area contributed by atoms with Crippen LogP contribution >= 0.6 is 0 Å². The Balaban J connectivity index is 1.22. The van der Waals surface area contributed by atoms with E-state index in [0.717, 1.165) is 68.8 Å². The zero-order valence-electron chi connectivity index (χ0n) is 22.2. The Morgan fingerprint density at radius 1 is 1.00 bits per heavy atom. The molecule has 0 saturated carbocycles. The Labute approximate surface area is 229 Å². The van der Waals surface area contributed by atoms with Gasteiger partial charge in [0.1, 0.15) is 0 Å². The van der Waals surface area contributed by atoms with Crippen molar-refractivity contribution in [1.29, 1.82) is 0 Å². The molecular formula is C31H33N3O5. The SMILES string of the molecule is COc1cc(C(=O)NOC2CCCCO2)cc(-c2ccc(C#Cc3ccc(CN4CCOCC4)cc3)cc2)n1. The summed E-state index contributed by atoms with van der Waals surface area (Å²) in [6.07, 6.45) is 2.34. The van der Waals surface area contributed by atoms with E-state index in [1.807, 2.05) is 24.3 Å². The summed E-state index contributed by atoms with van der Waals surface area (Å²) in [4.78, 5) is 25.1. The third kappa shape index (κ3) is 7.65. The Hall–Kier alpha value is -3.74. The Kier molecular flexibility index (Phi) is 9.20. The van der Waals surface area contributed by atoms with Gasteiger partial charge in [-0.2, -0.15) is 0 Å². The first kappa shape index (κ1) is 26.9. The number of ether oxygens (including phenoxy) is 3. The number of amides is 1. The van der Waals surface area contributed by atoms with Gasteiger partial charge in [-0.1, -0.05) is 36.1 Å². The maximum Gasteiger partial charge on any atom is 0.275 e. The van der Waals surface area contributed by atoms with Gasteiger partial charge in [0.2, 0.25) is 5.88 Å². The first-order chi connectivity index (χ1) is 19.2. The number of aromatic nitrogens is 1. The summed E-state index contributed by atoms with van der Waals surface area (Å²) in [6.45, 7) is 5.12. The molecule has 0 radical (unpaired) electrons. The number of pyridine rings is 1. The van der Waals surface area contributed by atoms with Crippen molar-refractivity contribution in [2.24, 2.45) is 0 Å². The van der Waals surface area contributed by atoms with Crippen LogP contribution in [0, 0.1) is 11.8 Å². The number of hydroxylamine groups is 1. The van der Waals surface area contributed by atoms with E-state index in [-0.39, 0.29) is 5.91 Å². The highest BCUT2D eigenvalue weighted by Gasteiger charge is 2.18. The summed E-state index contributed by atoms with van der Waals surface area (Å²) >= 11 is 0. The monoisotopic (exact) mass is 527 g/mol. The third-order valence-electron chi connectivity index (χ3n) is 6.69. The highest BCUT2D eigenvalue weighted by atomic mass is 16.8. The van der Waals surface area contributed by atoms with Crippen molar-refractivity contribution in [3.8, 4) is 29.0 Å². The number of carbonyl (C=O) groups excluding carboxylic acids is 1. The average molecular weight is 528 g/mol. The maximum absolute atomic E-state index is 12.7. The van der Waals surface area contributed by atoms with E-state index in [1.165, 1.54) is 12.7 Å². The van der Waals surface area contributed by atoms with E-state index in [2.05, 4.69) is 51.5 Å². The summed E-state index contributed by atoms with van der Waals surface area (Å²) in [5.74, 6) is 6.42. The Morgan fingerprint density at radius 2 is 1.72 bits per heavy atom. The second kappa shape index (κ2) is 13.4. The Bertz CT molecular complexity index is 1300. The number of methoxy groups -OCH3 is 1. The van der Waals surface area contributed by atoms with Crippen molar-refractivity contribution in [2.75, 3.05) is 40.0 Å². The fraction of sp³-hybridized carbons (Fsp3) is 0.355. The summed E-state index contributed by atoms with van der Waals surface area (Å²) in [7, 11) is 1.52. The second-order valence-corrected chi connectivity index (χ2v) is 9.54. The van der Waals surface area contributed by atoms with Crippen LogP contribution in [0.25, 0.3) is 11.3 Å². The zero-order valence-corrected chi connectivity index (χ0v) is 22.2. The first-order valence-electron chi connectivity index (χ1n) is 13.3. The van der Waals surface area contributed by atoms with E-state index < -0.39 is 6.29 Å². The fourth-order valence-electron chi connectivity index (χ4n) is 4.45. The Morgan fingerprint density at radius 3 is 2.38 bits per heavy atom. The minimum Gasteiger partial charge on any atom is -0.481 e. The van der Waals surface area contributed by atoms with Gasteiger partial charge in [0.05, 0.1) is 26.0 Å². The number of nitrogens with zero attached hydrogens (tertiary/aromatic N) is 2. The molecule has 1 aromatic heterocycles. The van der Waals surface area contributed by atoms with Gasteiger partial charge in [0.15, 0.2) is 6.29 Å². The van der Waals surface area contributed by atoms with Crippen LogP contribution in [0.4, 0.5) is 0 Å². The van der Waals surface area contributed by atoms with E-state index in [4.69, 9.17) is 19.0 Å². The lowest BCUT2D eigenvalue weighted by molar-refractivity contribution is -0.186. The molecule has 2 aliphatic rings. The molecule has 2 fully saturated rings. The number of hydrogen-bond acceptors (Lipinski definition) is 7. The molecule has 3 heterocycles.